The predicted molar refractivity (Wildman–Crippen MR) is 177 cm³/mol. The second kappa shape index (κ2) is 15.5. The second-order valence-electron chi connectivity index (χ2n) is 11.1. The first-order valence-electron chi connectivity index (χ1n) is 15.3. The molecular weight excluding hydrogens is 607 g/mol. The average Bonchev–Trinajstić information content (AvgIpc) is 3.49. The van der Waals surface area contributed by atoms with E-state index in [4.69, 9.17) is 22.1 Å². The summed E-state index contributed by atoms with van der Waals surface area (Å²) < 4.78 is 20.2. The van der Waals surface area contributed by atoms with Crippen molar-refractivity contribution < 1.29 is 23.5 Å². The third kappa shape index (κ3) is 8.50. The van der Waals surface area contributed by atoms with E-state index in [-0.39, 0.29) is 49.5 Å². The van der Waals surface area contributed by atoms with Gasteiger partial charge in [-0.25, -0.2) is 4.39 Å². The van der Waals surface area contributed by atoms with Gasteiger partial charge >= 0.3 is 0 Å². The van der Waals surface area contributed by atoms with Gasteiger partial charge in [-0.1, -0.05) is 54.1 Å². The summed E-state index contributed by atoms with van der Waals surface area (Å²) in [6, 6.07) is 26.1. The van der Waals surface area contributed by atoms with Crippen molar-refractivity contribution in [3.8, 4) is 11.5 Å². The van der Waals surface area contributed by atoms with Gasteiger partial charge in [0.25, 0.3) is 0 Å². The predicted octanol–water partition coefficient (Wildman–Crippen LogP) is 6.53. The molecule has 0 atom stereocenters. The summed E-state index contributed by atoms with van der Waals surface area (Å²) in [4.78, 5) is 42.1. The van der Waals surface area contributed by atoms with E-state index in [9.17, 15) is 18.8 Å². The molecule has 0 unspecified atom stereocenters. The fraction of sp³-hybridized carbons (Fsp3) is 0.250. The summed E-state index contributed by atoms with van der Waals surface area (Å²) >= 11 is 6.37. The van der Waals surface area contributed by atoms with Gasteiger partial charge in [0.1, 0.15) is 11.6 Å². The number of halogens is 2. The standard InChI is InChI=1S/C36H36ClFN4O4/c37-28-14-17-32(33(22-28)46-30-8-3-6-26(20-30)23-39)42(19-4-10-34(43)40-24-27-7-1-2-9-31(27)38)36(45)21-25-12-15-29(16-13-25)41-18-5-11-35(41)44/h1-3,6-9,12-17,20,22H,4-5,10-11,18-19,21,23-24,39H2,(H,40,43). The minimum atomic E-state index is -0.382. The van der Waals surface area contributed by atoms with Crippen LogP contribution in [-0.2, 0) is 33.9 Å². The van der Waals surface area contributed by atoms with Crippen LogP contribution < -0.4 is 25.6 Å². The lowest BCUT2D eigenvalue weighted by Crippen LogP contribution is -2.34. The lowest BCUT2D eigenvalue weighted by molar-refractivity contribution is -0.122. The molecule has 0 aliphatic carbocycles. The van der Waals surface area contributed by atoms with Gasteiger partial charge in [0.15, 0.2) is 5.75 Å². The maximum Gasteiger partial charge on any atom is 0.231 e. The highest BCUT2D eigenvalue weighted by molar-refractivity contribution is 6.30. The van der Waals surface area contributed by atoms with Crippen LogP contribution in [0.4, 0.5) is 15.8 Å². The lowest BCUT2D eigenvalue weighted by atomic mass is 10.1. The Kier molecular flexibility index (Phi) is 11.0. The summed E-state index contributed by atoms with van der Waals surface area (Å²) in [6.45, 7) is 1.32. The van der Waals surface area contributed by atoms with Crippen LogP contribution in [0.5, 0.6) is 11.5 Å². The van der Waals surface area contributed by atoms with Crippen LogP contribution in [-0.4, -0.2) is 30.8 Å². The van der Waals surface area contributed by atoms with E-state index in [2.05, 4.69) is 5.32 Å². The van der Waals surface area contributed by atoms with E-state index in [1.807, 2.05) is 42.5 Å². The number of benzene rings is 4. The zero-order chi connectivity index (χ0) is 32.5. The van der Waals surface area contributed by atoms with Gasteiger partial charge in [0.05, 0.1) is 12.1 Å². The van der Waals surface area contributed by atoms with Crippen LogP contribution in [0.25, 0.3) is 0 Å². The number of anilines is 2. The number of nitrogens with zero attached hydrogens (tertiary/aromatic N) is 2. The molecule has 8 nitrogen and oxygen atoms in total. The minimum Gasteiger partial charge on any atom is -0.455 e. The summed E-state index contributed by atoms with van der Waals surface area (Å²) in [6.07, 6.45) is 1.92. The molecule has 0 saturated carbocycles. The molecule has 0 bridgehead atoms. The summed E-state index contributed by atoms with van der Waals surface area (Å²) in [7, 11) is 0. The van der Waals surface area contributed by atoms with Crippen LogP contribution in [0.3, 0.4) is 0 Å². The van der Waals surface area contributed by atoms with E-state index < -0.39 is 0 Å². The Morgan fingerprint density at radius 3 is 2.52 bits per heavy atom. The Morgan fingerprint density at radius 2 is 1.78 bits per heavy atom. The number of carbonyl (C=O) groups excluding carboxylic acids is 3. The van der Waals surface area contributed by atoms with Crippen molar-refractivity contribution in [3.63, 3.8) is 0 Å². The van der Waals surface area contributed by atoms with E-state index in [1.165, 1.54) is 6.07 Å². The average molecular weight is 643 g/mol. The molecule has 4 aromatic rings. The summed E-state index contributed by atoms with van der Waals surface area (Å²) in [5.41, 5.74) is 9.19. The third-order valence-electron chi connectivity index (χ3n) is 7.77. The Labute approximate surface area is 272 Å². The Bertz CT molecular complexity index is 1700. The van der Waals surface area contributed by atoms with E-state index in [1.54, 1.807) is 52.3 Å². The van der Waals surface area contributed by atoms with Crippen LogP contribution in [0, 0.1) is 5.82 Å². The van der Waals surface area contributed by atoms with Gasteiger partial charge in [-0.05, 0) is 66.4 Å². The van der Waals surface area contributed by atoms with Gasteiger partial charge in [-0.15, -0.1) is 0 Å². The monoisotopic (exact) mass is 642 g/mol. The number of nitrogens with two attached hydrogens (primary N) is 1. The van der Waals surface area contributed by atoms with Gasteiger partial charge < -0.3 is 25.6 Å². The highest BCUT2D eigenvalue weighted by Gasteiger charge is 2.23. The first-order valence-corrected chi connectivity index (χ1v) is 15.6. The third-order valence-corrected chi connectivity index (χ3v) is 8.01. The summed E-state index contributed by atoms with van der Waals surface area (Å²) in [5, 5.41) is 3.18. The number of carbonyl (C=O) groups is 3. The minimum absolute atomic E-state index is 0.0736. The molecule has 0 spiro atoms. The van der Waals surface area contributed by atoms with Crippen LogP contribution >= 0.6 is 11.6 Å². The van der Waals surface area contributed by atoms with Gasteiger partial charge in [0, 0.05) is 61.4 Å². The molecule has 4 aromatic carbocycles. The molecule has 1 aliphatic rings. The zero-order valence-electron chi connectivity index (χ0n) is 25.4. The second-order valence-corrected chi connectivity index (χ2v) is 11.5. The molecule has 46 heavy (non-hydrogen) atoms. The van der Waals surface area contributed by atoms with E-state index >= 15 is 0 Å². The number of hydrogen-bond donors (Lipinski definition) is 2. The normalized spacial score (nSPS) is 12.7. The SMILES string of the molecule is NCc1cccc(Oc2cc(Cl)ccc2N(CCCC(=O)NCc2ccccc2F)C(=O)Cc2ccc(N3CCCC3=O)cc2)c1. The molecule has 0 aromatic heterocycles. The van der Waals surface area contributed by atoms with Gasteiger partial charge in [0.2, 0.25) is 17.7 Å². The molecule has 0 radical (unpaired) electrons. The van der Waals surface area contributed by atoms with Crippen molar-refractivity contribution in [1.82, 2.24) is 5.32 Å². The van der Waals surface area contributed by atoms with Gasteiger partial charge in [-0.3, -0.25) is 14.4 Å². The first kappa shape index (κ1) is 32.7. The van der Waals surface area contributed by atoms with Crippen molar-refractivity contribution in [1.29, 1.82) is 0 Å². The van der Waals surface area contributed by atoms with E-state index in [0.29, 0.717) is 53.7 Å². The first-order chi connectivity index (χ1) is 22.3. The molecule has 1 fully saturated rings. The molecule has 3 N–H and O–H groups in total. The van der Waals surface area contributed by atoms with Crippen molar-refractivity contribution >= 4 is 40.7 Å². The van der Waals surface area contributed by atoms with Crippen LogP contribution in [0.1, 0.15) is 42.4 Å². The van der Waals surface area contributed by atoms with Gasteiger partial charge in [-0.2, -0.15) is 0 Å². The fourth-order valence-electron chi connectivity index (χ4n) is 5.34. The Hall–Kier alpha value is -4.73. The lowest BCUT2D eigenvalue weighted by Gasteiger charge is -2.26. The molecule has 1 saturated heterocycles. The highest BCUT2D eigenvalue weighted by atomic mass is 35.5. The molecule has 238 valence electrons. The summed E-state index contributed by atoms with van der Waals surface area (Å²) in [5.74, 6) is 0.168. The highest BCUT2D eigenvalue weighted by Crippen LogP contribution is 2.36. The quantitative estimate of drug-likeness (QED) is 0.173. The van der Waals surface area contributed by atoms with Crippen molar-refractivity contribution in [2.75, 3.05) is 22.9 Å². The molecule has 3 amide bonds. The van der Waals surface area contributed by atoms with Crippen LogP contribution in [0.15, 0.2) is 91.0 Å². The van der Waals surface area contributed by atoms with Crippen molar-refractivity contribution in [2.45, 2.75) is 45.2 Å². The van der Waals surface area contributed by atoms with Crippen LogP contribution in [0.2, 0.25) is 5.02 Å². The largest absolute Gasteiger partial charge is 0.455 e. The molecule has 10 heteroatoms. The Balaban J connectivity index is 1.34. The maximum atomic E-state index is 14.0. The number of ether oxygens (including phenoxy) is 1. The molecule has 5 rings (SSSR count). The number of hydrogen-bond acceptors (Lipinski definition) is 5. The number of amides is 3. The zero-order valence-corrected chi connectivity index (χ0v) is 26.1. The number of nitrogens with one attached hydrogen (secondary N) is 1. The maximum absolute atomic E-state index is 14.0. The van der Waals surface area contributed by atoms with Crippen molar-refractivity contribution in [3.05, 3.63) is 119 Å². The molecular formula is C36H36ClFN4O4. The fourth-order valence-corrected chi connectivity index (χ4v) is 5.50. The topological polar surface area (TPSA) is 105 Å². The van der Waals surface area contributed by atoms with Crippen molar-refractivity contribution in [2.24, 2.45) is 5.73 Å². The van der Waals surface area contributed by atoms with E-state index in [0.717, 1.165) is 23.2 Å². The Morgan fingerprint density at radius 1 is 0.978 bits per heavy atom. The molecule has 1 aliphatic heterocycles. The number of rotatable bonds is 13. The smallest absolute Gasteiger partial charge is 0.231 e. The molecule has 1 heterocycles.